The Morgan fingerprint density at radius 1 is 0.814 bits per heavy atom. The van der Waals surface area contributed by atoms with Crippen molar-refractivity contribution in [1.82, 2.24) is 10.6 Å². The van der Waals surface area contributed by atoms with Crippen LogP contribution in [0.5, 0.6) is 40.2 Å². The molecule has 10 rings (SSSR count). The Labute approximate surface area is 410 Å². The Morgan fingerprint density at radius 3 is 2.47 bits per heavy atom. The summed E-state index contributed by atoms with van der Waals surface area (Å²) in [4.78, 5) is 0. The monoisotopic (exact) mass is 954 g/mol. The van der Waals surface area contributed by atoms with Gasteiger partial charge in [-0.25, -0.2) is 0 Å². The first-order valence-corrected chi connectivity index (χ1v) is 25.1. The van der Waals surface area contributed by atoms with Crippen molar-refractivity contribution in [2.75, 3.05) is 47.1 Å². The number of phenolic OH excluding ortho intramolecular Hbond substituents is 3. The van der Waals surface area contributed by atoms with Crippen molar-refractivity contribution in [3.63, 3.8) is 0 Å². The summed E-state index contributed by atoms with van der Waals surface area (Å²) in [6.07, 6.45) is 4.41. The predicted molar refractivity (Wildman–Crippen MR) is 266 cm³/mol. The Bertz CT molecular complexity index is 2730. The molecule has 13 nitrogen and oxygen atoms in total. The average molecular weight is 955 g/mol. The third-order valence-electron chi connectivity index (χ3n) is 15.3. The summed E-state index contributed by atoms with van der Waals surface area (Å²) >= 11 is 0. The summed E-state index contributed by atoms with van der Waals surface area (Å²) < 4.78 is 40.8. The first-order chi connectivity index (χ1) is 34.1. The second-order valence-corrected chi connectivity index (χ2v) is 19.9. The third-order valence-corrected chi connectivity index (χ3v) is 15.3. The molecule has 7 N–H and O–H groups in total. The third kappa shape index (κ3) is 9.83. The number of aromatic hydroxyl groups is 3. The molecule has 5 aromatic carbocycles. The molecule has 8 atom stereocenters. The Kier molecular flexibility index (Phi) is 14.3. The van der Waals surface area contributed by atoms with Gasteiger partial charge in [-0.3, -0.25) is 0 Å². The smallest absolute Gasteiger partial charge is 0.149 e. The standard InChI is InChI=1S/C57H66N2O11/c1-58-21-22-59-57-19-5-6-24-66-50-32-47-55(44-17-15-39(62)29-45(44)50)69-49(13-8-23-65-2)52(56(47)70-51(57)30-40(63)18-20-57)48-33-67-54-36(28-42(31-46(54)53(48)64)68-41-11-3-4-12-41)25-35-27-38(61)14-16-43(35)34-9-7-10-37(60)26-34/h7,9-10,14-17,26-29,31-32,40-41,48-49,51-53,56,58-64H,3-4,8,11-13,18-25,30,33H2,1-2H3. The normalized spacial score (nSPS) is 26.3. The quantitative estimate of drug-likeness (QED) is 0.0417. The molecule has 3 heterocycles. The zero-order valence-corrected chi connectivity index (χ0v) is 40.1. The van der Waals surface area contributed by atoms with E-state index in [4.69, 9.17) is 28.4 Å². The van der Waals surface area contributed by atoms with Crippen LogP contribution in [0.1, 0.15) is 98.7 Å². The van der Waals surface area contributed by atoms with E-state index in [0.29, 0.717) is 92.0 Å². The molecule has 0 spiro atoms. The van der Waals surface area contributed by atoms with Crippen LogP contribution < -0.4 is 29.6 Å². The van der Waals surface area contributed by atoms with Gasteiger partial charge in [0.15, 0.2) is 0 Å². The van der Waals surface area contributed by atoms with Crippen molar-refractivity contribution >= 4 is 10.8 Å². The molecule has 0 amide bonds. The van der Waals surface area contributed by atoms with Crippen molar-refractivity contribution in [3.05, 3.63) is 101 Å². The highest BCUT2D eigenvalue weighted by Crippen LogP contribution is 2.56. The lowest BCUT2D eigenvalue weighted by molar-refractivity contribution is -0.166. The van der Waals surface area contributed by atoms with Crippen molar-refractivity contribution in [2.24, 2.45) is 11.8 Å². The maximum Gasteiger partial charge on any atom is 0.149 e. The van der Waals surface area contributed by atoms with Gasteiger partial charge in [-0.05, 0) is 136 Å². The van der Waals surface area contributed by atoms with Crippen molar-refractivity contribution in [1.29, 1.82) is 0 Å². The maximum atomic E-state index is 13.2. The average Bonchev–Trinajstić information content (AvgIpc) is 3.86. The van der Waals surface area contributed by atoms with Crippen LogP contribution in [0, 0.1) is 23.7 Å². The van der Waals surface area contributed by atoms with Crippen molar-refractivity contribution in [3.8, 4) is 63.2 Å². The molecule has 5 aliphatic rings. The van der Waals surface area contributed by atoms with Crippen LogP contribution in [0.3, 0.4) is 0 Å². The Balaban J connectivity index is 1.11. The fourth-order valence-electron chi connectivity index (χ4n) is 11.8. The van der Waals surface area contributed by atoms with Gasteiger partial charge in [0.25, 0.3) is 0 Å². The maximum absolute atomic E-state index is 13.2. The molecule has 8 unspecified atom stereocenters. The number of aliphatic hydroxyl groups excluding tert-OH is 2. The van der Waals surface area contributed by atoms with Gasteiger partial charge in [0.2, 0.25) is 0 Å². The van der Waals surface area contributed by atoms with Crippen LogP contribution in [0.15, 0.2) is 78.9 Å². The number of nitrogens with one attached hydrogen (secondary N) is 2. The fourth-order valence-corrected chi connectivity index (χ4v) is 11.8. The minimum Gasteiger partial charge on any atom is -0.508 e. The van der Waals surface area contributed by atoms with Crippen molar-refractivity contribution in [2.45, 2.75) is 113 Å². The second-order valence-electron chi connectivity index (χ2n) is 19.9. The molecule has 70 heavy (non-hydrogen) atoms. The summed E-state index contributed by atoms with van der Waals surface area (Å²) in [5, 5.41) is 65.3. The van der Waals surface area contributed by atoms with E-state index in [2.05, 4.69) is 22.5 Å². The zero-order chi connectivity index (χ0) is 48.4. The van der Waals surface area contributed by atoms with Crippen molar-refractivity contribution < 1.29 is 54.0 Å². The molecule has 13 heteroatoms. The number of methoxy groups -OCH3 is 1. The molecule has 0 radical (unpaired) electrons. The first-order valence-electron chi connectivity index (χ1n) is 25.1. The van der Waals surface area contributed by atoms with Crippen LogP contribution in [0.4, 0.5) is 0 Å². The van der Waals surface area contributed by atoms with E-state index >= 15 is 0 Å². The van der Waals surface area contributed by atoms with Gasteiger partial charge in [-0.15, -0.1) is 0 Å². The lowest BCUT2D eigenvalue weighted by Crippen LogP contribution is -2.61. The molecule has 0 saturated heterocycles. The van der Waals surface area contributed by atoms with E-state index in [-0.39, 0.29) is 36.6 Å². The van der Waals surface area contributed by atoms with Gasteiger partial charge in [0.1, 0.15) is 53.0 Å². The van der Waals surface area contributed by atoms with E-state index in [1.54, 1.807) is 49.6 Å². The number of aliphatic hydroxyl groups is 2. The van der Waals surface area contributed by atoms with E-state index in [1.807, 2.05) is 43.4 Å². The molecule has 370 valence electrons. The van der Waals surface area contributed by atoms with Crippen LogP contribution >= 0.6 is 0 Å². The van der Waals surface area contributed by atoms with Gasteiger partial charge in [-0.2, -0.15) is 0 Å². The number of fused-ring (bicyclic) bond motifs is 6. The molecular formula is C57H66N2O11. The molecule has 2 saturated carbocycles. The first kappa shape index (κ1) is 47.9. The number of hydrogen-bond acceptors (Lipinski definition) is 13. The van der Waals surface area contributed by atoms with E-state index in [1.165, 1.54) is 0 Å². The summed E-state index contributed by atoms with van der Waals surface area (Å²) in [5.74, 6) is 8.28. The topological polar surface area (TPSA) is 181 Å². The van der Waals surface area contributed by atoms with Crippen LogP contribution in [-0.2, 0) is 15.9 Å². The number of benzene rings is 5. The number of phenols is 3. The van der Waals surface area contributed by atoms with Crippen LogP contribution in [0.2, 0.25) is 0 Å². The molecule has 2 fully saturated rings. The highest BCUT2D eigenvalue weighted by atomic mass is 16.5. The fraction of sp³-hybridized carbons (Fsp3) is 0.474. The Morgan fingerprint density at radius 2 is 1.64 bits per heavy atom. The lowest BCUT2D eigenvalue weighted by atomic mass is 9.71. The van der Waals surface area contributed by atoms with Gasteiger partial charge in [0, 0.05) is 85.4 Å². The number of hydrogen-bond donors (Lipinski definition) is 7. The Hall–Kier alpha value is -5.72. The molecule has 3 aliphatic heterocycles. The van der Waals surface area contributed by atoms with Crippen LogP contribution in [0.25, 0.3) is 21.9 Å². The van der Waals surface area contributed by atoms with Gasteiger partial charge >= 0.3 is 0 Å². The highest BCUT2D eigenvalue weighted by Gasteiger charge is 2.53. The van der Waals surface area contributed by atoms with Gasteiger partial charge in [-0.1, -0.05) is 30.0 Å². The predicted octanol–water partition coefficient (Wildman–Crippen LogP) is 8.39. The summed E-state index contributed by atoms with van der Waals surface area (Å²) in [7, 11) is 3.61. The minimum absolute atomic E-state index is 0.0377. The van der Waals surface area contributed by atoms with E-state index < -0.39 is 47.9 Å². The molecule has 2 aliphatic carbocycles. The minimum atomic E-state index is -1.07. The van der Waals surface area contributed by atoms with Gasteiger partial charge < -0.3 is 64.6 Å². The SMILES string of the molecule is CNCCNC12CC#CCOc3cc4c(c5ccc(O)cc35)OC(CCCOC)C(C3COc5c(Cc6cc(O)ccc6-c6cccc(O)c6)cc(OC6CCCC6)cc5C3O)C4OC1CC(O)CC2. The number of ether oxygens (including phenoxy) is 6. The molecule has 5 aromatic rings. The van der Waals surface area contributed by atoms with E-state index in [9.17, 15) is 25.5 Å². The largest absolute Gasteiger partial charge is 0.508 e. The lowest BCUT2D eigenvalue weighted by Gasteiger charge is -2.51. The number of likely N-dealkylation sites (N-methyl/N-ethyl adjacent to an activating group) is 1. The summed E-state index contributed by atoms with van der Waals surface area (Å²) in [6.45, 7) is 2.13. The van der Waals surface area contributed by atoms with Crippen LogP contribution in [-0.4, -0.2) is 103 Å². The summed E-state index contributed by atoms with van der Waals surface area (Å²) in [6, 6.07) is 23.4. The summed E-state index contributed by atoms with van der Waals surface area (Å²) in [5.41, 5.74) is 3.99. The zero-order valence-electron chi connectivity index (χ0n) is 40.1. The van der Waals surface area contributed by atoms with Gasteiger partial charge in [0.05, 0.1) is 42.7 Å². The molecule has 2 bridgehead atoms. The highest BCUT2D eigenvalue weighted by molar-refractivity contribution is 5.96. The molecular weight excluding hydrogens is 889 g/mol. The van der Waals surface area contributed by atoms with E-state index in [0.717, 1.165) is 65.4 Å². The second kappa shape index (κ2) is 20.9. The molecule has 0 aromatic heterocycles. The number of rotatable bonds is 14.